The fourth-order valence-corrected chi connectivity index (χ4v) is 2.55. The van der Waals surface area contributed by atoms with Gasteiger partial charge >= 0.3 is 0 Å². The maximum Gasteiger partial charge on any atom is 0.136 e. The van der Waals surface area contributed by atoms with E-state index in [9.17, 15) is 0 Å². The fourth-order valence-electron chi connectivity index (χ4n) is 2.21. The second-order valence-corrected chi connectivity index (χ2v) is 4.67. The van der Waals surface area contributed by atoms with Gasteiger partial charge in [0.05, 0.1) is 11.4 Å². The summed E-state index contributed by atoms with van der Waals surface area (Å²) >= 11 is 6.34. The molecule has 0 amide bonds. The van der Waals surface area contributed by atoms with Crippen LogP contribution in [0.4, 0.5) is 0 Å². The molecule has 16 heavy (non-hydrogen) atoms. The minimum absolute atomic E-state index is 0.788. The van der Waals surface area contributed by atoms with E-state index in [1.807, 2.05) is 4.68 Å². The Morgan fingerprint density at radius 3 is 2.62 bits per heavy atom. The van der Waals surface area contributed by atoms with Crippen molar-refractivity contribution in [2.75, 3.05) is 0 Å². The lowest BCUT2D eigenvalue weighted by Crippen LogP contribution is -1.98. The highest BCUT2D eigenvalue weighted by atomic mass is 35.5. The molecule has 1 heterocycles. The van der Waals surface area contributed by atoms with Crippen LogP contribution in [0.25, 0.3) is 5.69 Å². The summed E-state index contributed by atoms with van der Waals surface area (Å²) in [4.78, 5) is 0. The molecule has 1 aromatic heterocycles. The Labute approximate surface area is 99.9 Å². The number of aryl methyl sites for hydroxylation is 2. The summed E-state index contributed by atoms with van der Waals surface area (Å²) < 4.78 is 1.85. The molecule has 0 atom stereocenters. The second-order valence-electron chi connectivity index (χ2n) is 4.32. The van der Waals surface area contributed by atoms with Crippen molar-refractivity contribution in [2.45, 2.75) is 26.2 Å². The molecular formula is C13H13ClN2. The number of nitrogens with zero attached hydrogens (tertiary/aromatic N) is 2. The molecule has 2 nitrogen and oxygen atoms in total. The molecule has 3 heteroatoms. The predicted octanol–water partition coefficient (Wildman–Crippen LogP) is 3.32. The van der Waals surface area contributed by atoms with E-state index in [1.54, 1.807) is 0 Å². The van der Waals surface area contributed by atoms with Crippen LogP contribution in [0, 0.1) is 6.92 Å². The van der Waals surface area contributed by atoms with E-state index < -0.39 is 0 Å². The van der Waals surface area contributed by atoms with Crippen molar-refractivity contribution in [2.24, 2.45) is 0 Å². The van der Waals surface area contributed by atoms with Crippen LogP contribution < -0.4 is 0 Å². The Balaban J connectivity index is 2.10. The smallest absolute Gasteiger partial charge is 0.136 e. The minimum Gasteiger partial charge on any atom is -0.222 e. The van der Waals surface area contributed by atoms with E-state index in [4.69, 9.17) is 11.6 Å². The van der Waals surface area contributed by atoms with Gasteiger partial charge in [-0.2, -0.15) is 5.10 Å². The summed E-state index contributed by atoms with van der Waals surface area (Å²) in [5.74, 6) is 0. The highest BCUT2D eigenvalue weighted by molar-refractivity contribution is 6.30. The molecule has 0 radical (unpaired) electrons. The van der Waals surface area contributed by atoms with Crippen LogP contribution >= 0.6 is 11.6 Å². The number of fused-ring (bicyclic) bond motifs is 1. The van der Waals surface area contributed by atoms with Gasteiger partial charge in [-0.05, 0) is 38.3 Å². The Bertz CT molecular complexity index is 526. The third-order valence-electron chi connectivity index (χ3n) is 3.12. The quantitative estimate of drug-likeness (QED) is 0.738. The molecule has 1 aliphatic rings. The SMILES string of the molecule is Cc1ccc(-n2nc3c(c2Cl)CCC3)cc1. The molecule has 0 saturated carbocycles. The number of hydrogen-bond donors (Lipinski definition) is 0. The molecule has 1 aliphatic carbocycles. The van der Waals surface area contributed by atoms with Crippen LogP contribution in [0.1, 0.15) is 23.2 Å². The fraction of sp³-hybridized carbons (Fsp3) is 0.308. The lowest BCUT2D eigenvalue weighted by molar-refractivity contribution is 0.801. The molecule has 0 spiro atoms. The maximum atomic E-state index is 6.34. The first-order valence-electron chi connectivity index (χ1n) is 5.59. The second kappa shape index (κ2) is 3.63. The molecule has 2 aromatic rings. The van der Waals surface area contributed by atoms with Gasteiger partial charge in [-0.25, -0.2) is 4.68 Å². The number of rotatable bonds is 1. The van der Waals surface area contributed by atoms with Gasteiger partial charge in [0.2, 0.25) is 0 Å². The highest BCUT2D eigenvalue weighted by Crippen LogP contribution is 2.30. The molecule has 82 valence electrons. The van der Waals surface area contributed by atoms with Crippen molar-refractivity contribution < 1.29 is 0 Å². The van der Waals surface area contributed by atoms with Crippen LogP contribution in [0.15, 0.2) is 24.3 Å². The Hall–Kier alpha value is -1.28. The summed E-state index contributed by atoms with van der Waals surface area (Å²) in [6, 6.07) is 8.28. The Morgan fingerprint density at radius 2 is 1.94 bits per heavy atom. The van der Waals surface area contributed by atoms with Gasteiger partial charge in [0.25, 0.3) is 0 Å². The number of benzene rings is 1. The number of hydrogen-bond acceptors (Lipinski definition) is 1. The summed E-state index contributed by atoms with van der Waals surface area (Å²) in [6.07, 6.45) is 3.32. The summed E-state index contributed by atoms with van der Waals surface area (Å²) in [5.41, 5.74) is 4.71. The van der Waals surface area contributed by atoms with Crippen LogP contribution in [0.5, 0.6) is 0 Å². The number of halogens is 1. The van der Waals surface area contributed by atoms with Crippen molar-refractivity contribution in [3.05, 3.63) is 46.2 Å². The zero-order chi connectivity index (χ0) is 11.1. The topological polar surface area (TPSA) is 17.8 Å². The molecule has 0 N–H and O–H groups in total. The lowest BCUT2D eigenvalue weighted by atomic mass is 10.2. The third-order valence-corrected chi connectivity index (χ3v) is 3.51. The first kappa shape index (κ1) is 9.91. The normalized spacial score (nSPS) is 14.1. The zero-order valence-corrected chi connectivity index (χ0v) is 9.96. The summed E-state index contributed by atoms with van der Waals surface area (Å²) in [7, 11) is 0. The van der Waals surface area contributed by atoms with E-state index in [2.05, 4.69) is 36.3 Å². The molecule has 0 fully saturated rings. The molecule has 0 aliphatic heterocycles. The third kappa shape index (κ3) is 1.45. The van der Waals surface area contributed by atoms with Crippen molar-refractivity contribution in [3.8, 4) is 5.69 Å². The molecular weight excluding hydrogens is 220 g/mol. The zero-order valence-electron chi connectivity index (χ0n) is 9.20. The molecule has 0 saturated heterocycles. The summed E-state index contributed by atoms with van der Waals surface area (Å²) in [5, 5.41) is 5.36. The van der Waals surface area contributed by atoms with Gasteiger partial charge in [-0.3, -0.25) is 0 Å². The predicted molar refractivity (Wildman–Crippen MR) is 65.3 cm³/mol. The van der Waals surface area contributed by atoms with E-state index in [0.717, 1.165) is 23.7 Å². The van der Waals surface area contributed by atoms with Crippen LogP contribution in [-0.4, -0.2) is 9.78 Å². The number of aromatic nitrogens is 2. The monoisotopic (exact) mass is 232 g/mol. The van der Waals surface area contributed by atoms with Gasteiger partial charge in [-0.1, -0.05) is 29.3 Å². The van der Waals surface area contributed by atoms with Gasteiger partial charge < -0.3 is 0 Å². The van der Waals surface area contributed by atoms with Gasteiger partial charge in [0.15, 0.2) is 0 Å². The van der Waals surface area contributed by atoms with Crippen molar-refractivity contribution in [3.63, 3.8) is 0 Å². The average Bonchev–Trinajstić information content (AvgIpc) is 2.84. The highest BCUT2D eigenvalue weighted by Gasteiger charge is 2.21. The van der Waals surface area contributed by atoms with Gasteiger partial charge in [-0.15, -0.1) is 0 Å². The van der Waals surface area contributed by atoms with Crippen molar-refractivity contribution >= 4 is 11.6 Å². The Morgan fingerprint density at radius 1 is 1.19 bits per heavy atom. The van der Waals surface area contributed by atoms with Crippen LogP contribution in [0.2, 0.25) is 5.15 Å². The van der Waals surface area contributed by atoms with Crippen LogP contribution in [0.3, 0.4) is 0 Å². The van der Waals surface area contributed by atoms with Crippen molar-refractivity contribution in [1.82, 2.24) is 9.78 Å². The van der Waals surface area contributed by atoms with Gasteiger partial charge in [0, 0.05) is 5.56 Å². The summed E-state index contributed by atoms with van der Waals surface area (Å²) in [6.45, 7) is 2.08. The van der Waals surface area contributed by atoms with E-state index >= 15 is 0 Å². The Kier molecular flexibility index (Phi) is 2.25. The van der Waals surface area contributed by atoms with Crippen molar-refractivity contribution in [1.29, 1.82) is 0 Å². The lowest BCUT2D eigenvalue weighted by Gasteiger charge is -2.04. The largest absolute Gasteiger partial charge is 0.222 e. The van der Waals surface area contributed by atoms with E-state index in [-0.39, 0.29) is 0 Å². The minimum atomic E-state index is 0.788. The van der Waals surface area contributed by atoms with Gasteiger partial charge in [0.1, 0.15) is 5.15 Å². The molecule has 0 bridgehead atoms. The van der Waals surface area contributed by atoms with E-state index in [0.29, 0.717) is 0 Å². The first-order valence-corrected chi connectivity index (χ1v) is 5.97. The molecule has 0 unspecified atom stereocenters. The molecule has 3 rings (SSSR count). The first-order chi connectivity index (χ1) is 7.75. The van der Waals surface area contributed by atoms with Crippen LogP contribution in [-0.2, 0) is 12.8 Å². The standard InChI is InChI=1S/C13H13ClN2/c1-9-5-7-10(8-6-9)16-13(14)11-3-2-4-12(11)15-16/h5-8H,2-4H2,1H3. The molecule has 1 aromatic carbocycles. The van der Waals surface area contributed by atoms with E-state index in [1.165, 1.54) is 23.2 Å². The maximum absolute atomic E-state index is 6.34. The average molecular weight is 233 g/mol.